The van der Waals surface area contributed by atoms with Gasteiger partial charge in [0, 0.05) is 0 Å². The van der Waals surface area contributed by atoms with Crippen LogP contribution in [-0.2, 0) is 28.8 Å². The van der Waals surface area contributed by atoms with E-state index in [2.05, 4.69) is 4.84 Å². The molecule has 0 spiro atoms. The SMILES string of the molecule is CC(=O)C(CCCCCCCCCCC(C(C)=O)C(=O)OC1CCC1)C(=O)ON. The third-order valence-corrected chi connectivity index (χ3v) is 5.74. The highest BCUT2D eigenvalue weighted by atomic mass is 16.7. The third-order valence-electron chi connectivity index (χ3n) is 5.74. The molecule has 0 heterocycles. The van der Waals surface area contributed by atoms with Crippen molar-refractivity contribution in [3.63, 3.8) is 0 Å². The zero-order valence-electron chi connectivity index (χ0n) is 18.0. The molecular weight excluding hydrogens is 374 g/mol. The van der Waals surface area contributed by atoms with E-state index in [4.69, 9.17) is 10.6 Å². The molecule has 0 amide bonds. The van der Waals surface area contributed by atoms with Crippen molar-refractivity contribution >= 4 is 23.5 Å². The van der Waals surface area contributed by atoms with Gasteiger partial charge >= 0.3 is 11.9 Å². The molecule has 1 rings (SSSR count). The summed E-state index contributed by atoms with van der Waals surface area (Å²) in [6.07, 6.45) is 11.9. The molecule has 0 aliphatic heterocycles. The molecule has 0 aromatic carbocycles. The Morgan fingerprint density at radius 2 is 1.17 bits per heavy atom. The Labute approximate surface area is 174 Å². The molecule has 2 N–H and O–H groups in total. The summed E-state index contributed by atoms with van der Waals surface area (Å²) in [7, 11) is 0. The highest BCUT2D eigenvalue weighted by molar-refractivity contribution is 5.98. The number of ether oxygens (including phenoxy) is 1. The Morgan fingerprint density at radius 1 is 0.759 bits per heavy atom. The summed E-state index contributed by atoms with van der Waals surface area (Å²) in [6.45, 7) is 2.85. The summed E-state index contributed by atoms with van der Waals surface area (Å²) >= 11 is 0. The van der Waals surface area contributed by atoms with E-state index in [1.54, 1.807) is 0 Å². The highest BCUT2D eigenvalue weighted by Gasteiger charge is 2.29. The molecule has 0 aromatic heterocycles. The van der Waals surface area contributed by atoms with Crippen LogP contribution in [0.1, 0.15) is 97.3 Å². The minimum atomic E-state index is -0.745. The van der Waals surface area contributed by atoms with Crippen molar-refractivity contribution in [2.24, 2.45) is 17.7 Å². The molecule has 0 aromatic rings. The predicted molar refractivity (Wildman–Crippen MR) is 109 cm³/mol. The second-order valence-electron chi connectivity index (χ2n) is 8.16. The van der Waals surface area contributed by atoms with Crippen LogP contribution in [0.2, 0.25) is 0 Å². The average molecular weight is 412 g/mol. The maximum atomic E-state index is 12.1. The van der Waals surface area contributed by atoms with Crippen molar-refractivity contribution in [1.82, 2.24) is 0 Å². The first-order valence-corrected chi connectivity index (χ1v) is 11.0. The number of Topliss-reactive ketones (excluding diaryl/α,β-unsaturated/α-hetero) is 2. The van der Waals surface area contributed by atoms with Gasteiger partial charge < -0.3 is 9.57 Å². The second kappa shape index (κ2) is 14.3. The minimum absolute atomic E-state index is 0.0241. The molecule has 166 valence electrons. The largest absolute Gasteiger partial charge is 0.462 e. The third kappa shape index (κ3) is 10.0. The van der Waals surface area contributed by atoms with Gasteiger partial charge in [-0.05, 0) is 46.0 Å². The van der Waals surface area contributed by atoms with E-state index in [1.165, 1.54) is 13.8 Å². The number of carbonyl (C=O) groups is 4. The van der Waals surface area contributed by atoms with Crippen LogP contribution < -0.4 is 5.90 Å². The van der Waals surface area contributed by atoms with E-state index >= 15 is 0 Å². The van der Waals surface area contributed by atoms with Crippen LogP contribution in [0, 0.1) is 11.8 Å². The number of rotatable bonds is 16. The van der Waals surface area contributed by atoms with E-state index in [0.29, 0.717) is 12.8 Å². The first-order valence-electron chi connectivity index (χ1n) is 11.0. The Morgan fingerprint density at radius 3 is 1.52 bits per heavy atom. The van der Waals surface area contributed by atoms with Crippen LogP contribution in [0.4, 0.5) is 0 Å². The van der Waals surface area contributed by atoms with Gasteiger partial charge in [-0.25, -0.2) is 4.79 Å². The van der Waals surface area contributed by atoms with Gasteiger partial charge in [0.15, 0.2) is 0 Å². The minimum Gasteiger partial charge on any atom is -0.462 e. The Kier molecular flexibility index (Phi) is 12.4. The summed E-state index contributed by atoms with van der Waals surface area (Å²) in [6, 6.07) is 0. The van der Waals surface area contributed by atoms with Gasteiger partial charge in [0.05, 0.1) is 0 Å². The zero-order chi connectivity index (χ0) is 21.6. The summed E-state index contributed by atoms with van der Waals surface area (Å²) < 4.78 is 5.38. The van der Waals surface area contributed by atoms with Crippen LogP contribution in [0.25, 0.3) is 0 Å². The van der Waals surface area contributed by atoms with Gasteiger partial charge in [-0.1, -0.05) is 51.4 Å². The van der Waals surface area contributed by atoms with E-state index in [-0.39, 0.29) is 23.6 Å². The Balaban J connectivity index is 2.05. The summed E-state index contributed by atoms with van der Waals surface area (Å²) in [4.78, 5) is 50.8. The molecule has 29 heavy (non-hydrogen) atoms. The fourth-order valence-electron chi connectivity index (χ4n) is 3.55. The number of unbranched alkanes of at least 4 members (excludes halogenated alkanes) is 7. The summed E-state index contributed by atoms with van der Waals surface area (Å²) in [5, 5.41) is 0. The molecule has 1 aliphatic carbocycles. The highest BCUT2D eigenvalue weighted by Crippen LogP contribution is 2.24. The molecule has 2 atom stereocenters. The maximum Gasteiger partial charge on any atom is 0.334 e. The van der Waals surface area contributed by atoms with Gasteiger partial charge in [-0.3, -0.25) is 14.4 Å². The van der Waals surface area contributed by atoms with E-state index in [1.807, 2.05) is 0 Å². The zero-order valence-corrected chi connectivity index (χ0v) is 18.0. The number of hydrogen-bond donors (Lipinski definition) is 1. The van der Waals surface area contributed by atoms with Crippen molar-refractivity contribution < 1.29 is 28.8 Å². The van der Waals surface area contributed by atoms with Gasteiger partial charge in [0.25, 0.3) is 0 Å². The quantitative estimate of drug-likeness (QED) is 0.178. The maximum absolute atomic E-state index is 12.1. The normalized spacial score (nSPS) is 15.8. The number of esters is 1. The summed E-state index contributed by atoms with van der Waals surface area (Å²) in [5.74, 6) is 2.20. The monoisotopic (exact) mass is 411 g/mol. The number of hydrogen-bond acceptors (Lipinski definition) is 7. The first kappa shape index (κ1) is 25.3. The van der Waals surface area contributed by atoms with Crippen LogP contribution in [0.15, 0.2) is 0 Å². The van der Waals surface area contributed by atoms with Crippen molar-refractivity contribution in [3.8, 4) is 0 Å². The number of nitrogens with two attached hydrogens (primary N) is 1. The Hall–Kier alpha value is -1.76. The smallest absolute Gasteiger partial charge is 0.334 e. The van der Waals surface area contributed by atoms with Gasteiger partial charge in [0.2, 0.25) is 0 Å². The predicted octanol–water partition coefficient (Wildman–Crippen LogP) is 3.81. The first-order chi connectivity index (χ1) is 13.9. The standard InChI is InChI=1S/C22H37NO6/c1-16(24)19(21(26)28-18-12-11-13-18)14-9-7-5-3-4-6-8-10-15-20(17(2)25)22(27)29-23/h18-20H,3-15,23H2,1-2H3. The average Bonchev–Trinajstić information content (AvgIpc) is 2.64. The van der Waals surface area contributed by atoms with Crippen LogP contribution in [0.5, 0.6) is 0 Å². The fraction of sp³-hybridized carbons (Fsp3) is 0.818. The Bertz CT molecular complexity index is 543. The fourth-order valence-corrected chi connectivity index (χ4v) is 3.55. The molecular formula is C22H37NO6. The lowest BCUT2D eigenvalue weighted by molar-refractivity contribution is -0.160. The van der Waals surface area contributed by atoms with Crippen LogP contribution >= 0.6 is 0 Å². The lowest BCUT2D eigenvalue weighted by atomic mass is 9.94. The van der Waals surface area contributed by atoms with E-state index in [0.717, 1.165) is 70.6 Å². The number of ketones is 2. The van der Waals surface area contributed by atoms with E-state index < -0.39 is 17.8 Å². The number of carbonyl (C=O) groups excluding carboxylic acids is 4. The molecule has 7 nitrogen and oxygen atoms in total. The summed E-state index contributed by atoms with van der Waals surface area (Å²) in [5.41, 5.74) is 0. The molecule has 7 heteroatoms. The molecule has 0 radical (unpaired) electrons. The molecule has 1 aliphatic rings. The second-order valence-corrected chi connectivity index (χ2v) is 8.16. The molecule has 1 saturated carbocycles. The lowest BCUT2D eigenvalue weighted by Crippen LogP contribution is -2.31. The van der Waals surface area contributed by atoms with Gasteiger partial charge in [-0.2, -0.15) is 5.90 Å². The van der Waals surface area contributed by atoms with Crippen molar-refractivity contribution in [2.75, 3.05) is 0 Å². The van der Waals surface area contributed by atoms with Crippen LogP contribution in [-0.4, -0.2) is 29.6 Å². The molecule has 1 fully saturated rings. The van der Waals surface area contributed by atoms with E-state index in [9.17, 15) is 19.2 Å². The van der Waals surface area contributed by atoms with Crippen molar-refractivity contribution in [3.05, 3.63) is 0 Å². The topological polar surface area (TPSA) is 113 Å². The molecule has 0 bridgehead atoms. The van der Waals surface area contributed by atoms with Crippen LogP contribution in [0.3, 0.4) is 0 Å². The van der Waals surface area contributed by atoms with Crippen molar-refractivity contribution in [1.29, 1.82) is 0 Å². The van der Waals surface area contributed by atoms with Gasteiger partial charge in [-0.15, -0.1) is 0 Å². The van der Waals surface area contributed by atoms with Gasteiger partial charge in [0.1, 0.15) is 29.5 Å². The van der Waals surface area contributed by atoms with Crippen molar-refractivity contribution in [2.45, 2.75) is 103 Å². The molecule has 0 saturated heterocycles. The molecule has 2 unspecified atom stereocenters. The lowest BCUT2D eigenvalue weighted by Gasteiger charge is -2.26.